The summed E-state index contributed by atoms with van der Waals surface area (Å²) in [6.45, 7) is 4.27. The number of hydrogen-bond donors (Lipinski definition) is 2. The molecule has 0 spiro atoms. The summed E-state index contributed by atoms with van der Waals surface area (Å²) in [7, 11) is -4.79. The summed E-state index contributed by atoms with van der Waals surface area (Å²) in [5.41, 5.74) is 0. The van der Waals surface area contributed by atoms with E-state index in [9.17, 15) is 28.9 Å². The number of hydrogen-bond acceptors (Lipinski definition) is 10. The van der Waals surface area contributed by atoms with Gasteiger partial charge in [-0.05, 0) is 135 Å². The summed E-state index contributed by atoms with van der Waals surface area (Å²) in [6, 6.07) is 0. The Kier molecular flexibility index (Phi) is 56.9. The molecule has 0 fully saturated rings. The Labute approximate surface area is 486 Å². The van der Waals surface area contributed by atoms with Gasteiger partial charge >= 0.3 is 25.7 Å². The maximum Gasteiger partial charge on any atom is 0.472 e. The molecule has 11 nitrogen and oxygen atoms in total. The zero-order valence-electron chi connectivity index (χ0n) is 50.0. The summed E-state index contributed by atoms with van der Waals surface area (Å²) < 4.78 is 39.5. The van der Waals surface area contributed by atoms with Crippen LogP contribution in [-0.2, 0) is 42.2 Å². The molecular weight excluding hydrogens is 1020 g/mol. The first kappa shape index (κ1) is 75.4. The molecule has 0 aromatic heterocycles. The lowest BCUT2D eigenvalue weighted by Gasteiger charge is -2.21. The minimum Gasteiger partial charge on any atom is -0.462 e. The number of ether oxygens (including phenoxy) is 3. The van der Waals surface area contributed by atoms with Crippen molar-refractivity contribution in [1.82, 2.24) is 0 Å². The van der Waals surface area contributed by atoms with Gasteiger partial charge in [-0.15, -0.1) is 0 Å². The van der Waals surface area contributed by atoms with Crippen LogP contribution in [0.2, 0.25) is 0 Å². The third-order valence-electron chi connectivity index (χ3n) is 12.2. The van der Waals surface area contributed by atoms with Gasteiger partial charge in [-0.2, -0.15) is 0 Å². The van der Waals surface area contributed by atoms with Gasteiger partial charge in [0.1, 0.15) is 12.7 Å². The van der Waals surface area contributed by atoms with E-state index in [1.165, 1.54) is 25.7 Å². The summed E-state index contributed by atoms with van der Waals surface area (Å²) >= 11 is 0. The van der Waals surface area contributed by atoms with Crippen LogP contribution in [-0.4, -0.2) is 66.5 Å². The fraction of sp³-hybridized carbons (Fsp3) is 0.603. The second-order valence-electron chi connectivity index (χ2n) is 19.7. The van der Waals surface area contributed by atoms with Crippen LogP contribution in [0.5, 0.6) is 0 Å². The molecule has 0 saturated carbocycles. The molecular formula is C68H109O11P. The van der Waals surface area contributed by atoms with Crippen LogP contribution >= 0.6 is 7.82 Å². The SMILES string of the molecule is CC/C=C\C/C=C\C/C=C\C/C=C\C/C=C\CCCC(=O)OC(CO)COP(=O)(O)OCC(COC(=O)CCCCCC/C=C\C/C=C\C/C=C\C/C=C\CC)OC(=O)CCCCCCCC/C=C\C/C=C\C/C=C\CCCCC. The second-order valence-corrected chi connectivity index (χ2v) is 21.2. The van der Waals surface area contributed by atoms with Crippen LogP contribution in [0.15, 0.2) is 146 Å². The van der Waals surface area contributed by atoms with Crippen LogP contribution in [0.25, 0.3) is 0 Å². The number of phosphoric acid groups is 1. The fourth-order valence-electron chi connectivity index (χ4n) is 7.62. The van der Waals surface area contributed by atoms with Crippen molar-refractivity contribution >= 4 is 25.7 Å². The van der Waals surface area contributed by atoms with Crippen molar-refractivity contribution < 1.29 is 52.2 Å². The average Bonchev–Trinajstić information content (AvgIpc) is 3.45. The highest BCUT2D eigenvalue weighted by Gasteiger charge is 2.28. The smallest absolute Gasteiger partial charge is 0.462 e. The lowest BCUT2D eigenvalue weighted by atomic mass is 10.1. The number of carbonyl (C=O) groups is 3. The molecule has 0 bridgehead atoms. The van der Waals surface area contributed by atoms with E-state index in [-0.39, 0.29) is 25.9 Å². The van der Waals surface area contributed by atoms with E-state index in [0.29, 0.717) is 25.7 Å². The van der Waals surface area contributed by atoms with Crippen molar-refractivity contribution in [2.45, 2.75) is 238 Å². The lowest BCUT2D eigenvalue weighted by Crippen LogP contribution is -2.30. The van der Waals surface area contributed by atoms with Gasteiger partial charge in [0.15, 0.2) is 6.10 Å². The zero-order valence-corrected chi connectivity index (χ0v) is 50.9. The molecule has 0 aromatic carbocycles. The molecule has 3 unspecified atom stereocenters. The lowest BCUT2D eigenvalue weighted by molar-refractivity contribution is -0.161. The molecule has 80 heavy (non-hydrogen) atoms. The van der Waals surface area contributed by atoms with Crippen LogP contribution in [0.3, 0.4) is 0 Å². The van der Waals surface area contributed by atoms with Crippen molar-refractivity contribution in [1.29, 1.82) is 0 Å². The molecule has 0 aromatic rings. The zero-order chi connectivity index (χ0) is 58.3. The number of allylic oxidation sites excluding steroid dienone is 24. The van der Waals surface area contributed by atoms with E-state index >= 15 is 0 Å². The number of unbranched alkanes of at least 4 members (excludes halogenated alkanes) is 14. The van der Waals surface area contributed by atoms with Crippen LogP contribution in [0.4, 0.5) is 0 Å². The van der Waals surface area contributed by atoms with Crippen LogP contribution < -0.4 is 0 Å². The second kappa shape index (κ2) is 60.5. The summed E-state index contributed by atoms with van der Waals surface area (Å²) in [4.78, 5) is 48.7. The highest BCUT2D eigenvalue weighted by molar-refractivity contribution is 7.47. The Morgan fingerprint density at radius 2 is 0.662 bits per heavy atom. The van der Waals surface area contributed by atoms with Gasteiger partial charge in [0.05, 0.1) is 19.8 Å². The van der Waals surface area contributed by atoms with Crippen molar-refractivity contribution in [3.63, 3.8) is 0 Å². The van der Waals surface area contributed by atoms with Crippen molar-refractivity contribution in [3.05, 3.63) is 146 Å². The summed E-state index contributed by atoms with van der Waals surface area (Å²) in [6.07, 6.45) is 78.0. The number of aliphatic hydroxyl groups excluding tert-OH is 1. The Bertz CT molecular complexity index is 1900. The Morgan fingerprint density at radius 1 is 0.362 bits per heavy atom. The average molecular weight is 1130 g/mol. The molecule has 2 N–H and O–H groups in total. The highest BCUT2D eigenvalue weighted by Crippen LogP contribution is 2.43. The predicted molar refractivity (Wildman–Crippen MR) is 334 cm³/mol. The normalized spacial score (nSPS) is 14.3. The third-order valence-corrected chi connectivity index (χ3v) is 13.2. The van der Waals surface area contributed by atoms with Gasteiger partial charge in [-0.3, -0.25) is 23.4 Å². The number of esters is 3. The monoisotopic (exact) mass is 1130 g/mol. The van der Waals surface area contributed by atoms with E-state index in [4.69, 9.17) is 23.3 Å². The number of phosphoric ester groups is 1. The molecule has 12 heteroatoms. The molecule has 0 rings (SSSR count). The minimum atomic E-state index is -4.79. The Hall–Kier alpha value is -4.64. The first-order valence-electron chi connectivity index (χ1n) is 30.7. The molecule has 0 radical (unpaired) electrons. The van der Waals surface area contributed by atoms with E-state index in [1.54, 1.807) is 0 Å². The minimum absolute atomic E-state index is 0.0882. The Morgan fingerprint density at radius 3 is 1.05 bits per heavy atom. The van der Waals surface area contributed by atoms with Crippen molar-refractivity contribution in [2.24, 2.45) is 0 Å². The van der Waals surface area contributed by atoms with Gasteiger partial charge in [0, 0.05) is 19.3 Å². The standard InChI is InChI=1S/C68H109O11P/c1-4-7-10-13-16-19-22-25-28-31-32-35-38-41-44-47-50-53-56-59-68(72)79-65(61-75-66(70)57-54-51-48-45-42-39-36-33-29-26-23-20-17-14-11-8-5-2)63-77-80(73,74)76-62-64(60-69)78-67(71)58-55-52-49-46-43-40-37-34-30-27-24-21-18-15-12-9-6-3/h8-9,11-12,16-21,25-30,32,35-37,39-40,46,49,64-65,69H,4-7,10,13-15,22-24,31,33-34,38,41-45,47-48,50-63H2,1-3H3,(H,73,74)/b11-8-,12-9-,19-16-,20-17-,21-18-,28-25-,29-26-,30-27-,35-32-,39-36-,40-37-,49-46-. The molecule has 452 valence electrons. The first-order valence-corrected chi connectivity index (χ1v) is 32.2. The van der Waals surface area contributed by atoms with Gasteiger partial charge in [-0.25, -0.2) is 4.57 Å². The highest BCUT2D eigenvalue weighted by atomic mass is 31.2. The number of carbonyl (C=O) groups excluding carboxylic acids is 3. The van der Waals surface area contributed by atoms with E-state index in [1.807, 2.05) is 12.2 Å². The quantitative estimate of drug-likeness (QED) is 0.0197. The topological polar surface area (TPSA) is 155 Å². The van der Waals surface area contributed by atoms with Crippen molar-refractivity contribution in [2.75, 3.05) is 26.4 Å². The predicted octanol–water partition coefficient (Wildman–Crippen LogP) is 18.7. The summed E-state index contributed by atoms with van der Waals surface area (Å²) in [5.74, 6) is -1.58. The van der Waals surface area contributed by atoms with Gasteiger partial charge in [0.25, 0.3) is 0 Å². The van der Waals surface area contributed by atoms with Gasteiger partial charge in [-0.1, -0.05) is 218 Å². The fourth-order valence-corrected chi connectivity index (χ4v) is 8.41. The third kappa shape index (κ3) is 58.0. The van der Waals surface area contributed by atoms with Crippen molar-refractivity contribution in [3.8, 4) is 0 Å². The maximum atomic E-state index is 12.9. The number of aliphatic hydroxyl groups is 1. The maximum absolute atomic E-state index is 12.9. The van der Waals surface area contributed by atoms with E-state index in [2.05, 4.69) is 154 Å². The molecule has 0 aliphatic rings. The van der Waals surface area contributed by atoms with E-state index in [0.717, 1.165) is 135 Å². The van der Waals surface area contributed by atoms with Crippen LogP contribution in [0, 0.1) is 0 Å². The molecule has 0 amide bonds. The van der Waals surface area contributed by atoms with Crippen LogP contribution in [0.1, 0.15) is 226 Å². The molecule has 0 saturated heterocycles. The van der Waals surface area contributed by atoms with E-state index < -0.39 is 57.8 Å². The summed E-state index contributed by atoms with van der Waals surface area (Å²) in [5, 5.41) is 9.83. The Balaban J connectivity index is 4.86. The first-order chi connectivity index (χ1) is 39.2. The molecule has 0 heterocycles. The number of rotatable bonds is 55. The molecule has 3 atom stereocenters. The molecule has 0 aliphatic carbocycles. The van der Waals surface area contributed by atoms with Gasteiger partial charge in [0.2, 0.25) is 0 Å². The van der Waals surface area contributed by atoms with Gasteiger partial charge < -0.3 is 24.2 Å². The largest absolute Gasteiger partial charge is 0.472 e. The molecule has 0 aliphatic heterocycles.